The third-order valence-corrected chi connectivity index (χ3v) is 5.28. The molecule has 0 unspecified atom stereocenters. The van der Waals surface area contributed by atoms with E-state index in [1.165, 1.54) is 24.0 Å². The lowest BCUT2D eigenvalue weighted by atomic mass is 9.72. The molecule has 3 rings (SSSR count). The molecule has 1 aromatic heterocycles. The predicted molar refractivity (Wildman–Crippen MR) is 81.3 cm³/mol. The SMILES string of the molecule is Cc1cncc(B2OC(C)(C)C(C)(C)O2)c1C1(C)CC1. The Morgan fingerprint density at radius 2 is 1.55 bits per heavy atom. The highest BCUT2D eigenvalue weighted by Crippen LogP contribution is 2.48. The van der Waals surface area contributed by atoms with Gasteiger partial charge in [0.1, 0.15) is 0 Å². The van der Waals surface area contributed by atoms with Crippen molar-refractivity contribution in [2.45, 2.75) is 71.0 Å². The average molecular weight is 273 g/mol. The van der Waals surface area contributed by atoms with Crippen molar-refractivity contribution >= 4 is 12.6 Å². The van der Waals surface area contributed by atoms with Gasteiger partial charge in [0.25, 0.3) is 0 Å². The van der Waals surface area contributed by atoms with Gasteiger partial charge in [0, 0.05) is 17.9 Å². The van der Waals surface area contributed by atoms with Crippen molar-refractivity contribution in [2.75, 3.05) is 0 Å². The quantitative estimate of drug-likeness (QED) is 0.776. The number of aromatic nitrogens is 1. The van der Waals surface area contributed by atoms with Gasteiger partial charge in [-0.05, 0) is 64.0 Å². The van der Waals surface area contributed by atoms with Crippen molar-refractivity contribution in [3.63, 3.8) is 0 Å². The van der Waals surface area contributed by atoms with E-state index >= 15 is 0 Å². The highest BCUT2D eigenvalue weighted by atomic mass is 16.7. The van der Waals surface area contributed by atoms with Crippen LogP contribution < -0.4 is 5.46 Å². The first-order valence-corrected chi connectivity index (χ1v) is 7.47. The fourth-order valence-corrected chi connectivity index (χ4v) is 3.00. The Morgan fingerprint density at radius 1 is 1.00 bits per heavy atom. The topological polar surface area (TPSA) is 31.4 Å². The van der Waals surface area contributed by atoms with Gasteiger partial charge in [0.2, 0.25) is 0 Å². The van der Waals surface area contributed by atoms with E-state index in [1.54, 1.807) is 0 Å². The summed E-state index contributed by atoms with van der Waals surface area (Å²) in [6.45, 7) is 12.8. The van der Waals surface area contributed by atoms with Gasteiger partial charge in [-0.25, -0.2) is 0 Å². The van der Waals surface area contributed by atoms with Crippen molar-refractivity contribution in [3.05, 3.63) is 23.5 Å². The molecule has 0 N–H and O–H groups in total. The van der Waals surface area contributed by atoms with E-state index in [4.69, 9.17) is 9.31 Å². The minimum absolute atomic E-state index is 0.284. The van der Waals surface area contributed by atoms with Gasteiger partial charge in [-0.3, -0.25) is 4.98 Å². The lowest BCUT2D eigenvalue weighted by Gasteiger charge is -2.32. The van der Waals surface area contributed by atoms with Crippen LogP contribution in [-0.4, -0.2) is 23.3 Å². The largest absolute Gasteiger partial charge is 0.496 e. The van der Waals surface area contributed by atoms with Gasteiger partial charge in [-0.15, -0.1) is 0 Å². The van der Waals surface area contributed by atoms with Gasteiger partial charge in [0.05, 0.1) is 11.2 Å². The minimum Gasteiger partial charge on any atom is -0.399 e. The fraction of sp³-hybridized carbons (Fsp3) is 0.688. The summed E-state index contributed by atoms with van der Waals surface area (Å²) in [5, 5.41) is 0. The molecule has 0 bridgehead atoms. The Hall–Kier alpha value is -0.865. The molecule has 4 heteroatoms. The van der Waals surface area contributed by atoms with E-state index in [1.807, 2.05) is 12.4 Å². The Balaban J connectivity index is 2.03. The number of aryl methyl sites for hydroxylation is 1. The summed E-state index contributed by atoms with van der Waals surface area (Å²) in [6.07, 6.45) is 6.36. The molecular weight excluding hydrogens is 249 g/mol. The molecule has 1 saturated carbocycles. The van der Waals surface area contributed by atoms with Gasteiger partial charge in [-0.1, -0.05) is 6.92 Å². The second kappa shape index (κ2) is 4.08. The lowest BCUT2D eigenvalue weighted by molar-refractivity contribution is 0.00578. The first-order valence-electron chi connectivity index (χ1n) is 7.47. The summed E-state index contributed by atoms with van der Waals surface area (Å²) in [5.74, 6) is 0. The molecule has 0 atom stereocenters. The summed E-state index contributed by atoms with van der Waals surface area (Å²) in [5.41, 5.74) is 3.42. The maximum absolute atomic E-state index is 6.21. The van der Waals surface area contributed by atoms with Gasteiger partial charge in [0.15, 0.2) is 0 Å². The molecule has 2 heterocycles. The minimum atomic E-state index is -0.306. The van der Waals surface area contributed by atoms with E-state index < -0.39 is 0 Å². The van der Waals surface area contributed by atoms with Crippen molar-refractivity contribution in [1.82, 2.24) is 4.98 Å². The molecule has 0 aromatic carbocycles. The molecule has 0 amide bonds. The van der Waals surface area contributed by atoms with Crippen LogP contribution >= 0.6 is 0 Å². The smallest absolute Gasteiger partial charge is 0.399 e. The zero-order valence-corrected chi connectivity index (χ0v) is 13.4. The van der Waals surface area contributed by atoms with E-state index in [-0.39, 0.29) is 23.7 Å². The first-order chi connectivity index (χ1) is 9.16. The van der Waals surface area contributed by atoms with Gasteiger partial charge in [-0.2, -0.15) is 0 Å². The molecule has 1 aromatic rings. The molecule has 0 spiro atoms. The van der Waals surface area contributed by atoms with E-state index in [9.17, 15) is 0 Å². The Bertz CT molecular complexity index is 533. The molecule has 108 valence electrons. The first kappa shape index (κ1) is 14.1. The predicted octanol–water partition coefficient (Wildman–Crippen LogP) is 2.74. The second-order valence-electron chi connectivity index (χ2n) is 7.57. The van der Waals surface area contributed by atoms with E-state index in [0.717, 1.165) is 5.46 Å². The Morgan fingerprint density at radius 3 is 2.05 bits per heavy atom. The molecule has 2 aliphatic rings. The van der Waals surface area contributed by atoms with Crippen LogP contribution in [0.3, 0.4) is 0 Å². The van der Waals surface area contributed by atoms with Crippen LogP contribution in [0.2, 0.25) is 0 Å². The van der Waals surface area contributed by atoms with Crippen molar-refractivity contribution in [3.8, 4) is 0 Å². The number of nitrogens with zero attached hydrogens (tertiary/aromatic N) is 1. The molecule has 2 fully saturated rings. The second-order valence-corrected chi connectivity index (χ2v) is 7.57. The van der Waals surface area contributed by atoms with Crippen LogP contribution in [0.15, 0.2) is 12.4 Å². The molecule has 1 saturated heterocycles. The summed E-state index contributed by atoms with van der Waals surface area (Å²) in [6, 6.07) is 0. The zero-order chi connectivity index (χ0) is 14.8. The number of pyridine rings is 1. The Kier molecular flexibility index (Phi) is 2.87. The highest BCUT2D eigenvalue weighted by Gasteiger charge is 2.54. The van der Waals surface area contributed by atoms with E-state index in [2.05, 4.69) is 46.5 Å². The summed E-state index contributed by atoms with van der Waals surface area (Å²) in [4.78, 5) is 4.37. The third kappa shape index (κ3) is 2.01. The molecular formula is C16H24BNO2. The maximum Gasteiger partial charge on any atom is 0.496 e. The molecule has 1 aliphatic heterocycles. The molecule has 1 aliphatic carbocycles. The average Bonchev–Trinajstić information content (AvgIpc) is 3.00. The van der Waals surface area contributed by atoms with Gasteiger partial charge >= 0.3 is 7.12 Å². The van der Waals surface area contributed by atoms with Crippen LogP contribution in [0.1, 0.15) is 58.6 Å². The van der Waals surface area contributed by atoms with Gasteiger partial charge < -0.3 is 9.31 Å². The van der Waals surface area contributed by atoms with Crippen LogP contribution in [-0.2, 0) is 14.7 Å². The van der Waals surface area contributed by atoms with Crippen molar-refractivity contribution in [1.29, 1.82) is 0 Å². The molecule has 0 radical (unpaired) electrons. The highest BCUT2D eigenvalue weighted by molar-refractivity contribution is 6.62. The summed E-state index contributed by atoms with van der Waals surface area (Å²) < 4.78 is 12.4. The normalized spacial score (nSPS) is 25.8. The summed E-state index contributed by atoms with van der Waals surface area (Å²) in [7, 11) is -0.306. The molecule has 20 heavy (non-hydrogen) atoms. The Labute approximate surface area is 122 Å². The number of hydrogen-bond acceptors (Lipinski definition) is 3. The van der Waals surface area contributed by atoms with Crippen molar-refractivity contribution in [2.24, 2.45) is 0 Å². The zero-order valence-electron chi connectivity index (χ0n) is 13.4. The number of rotatable bonds is 2. The van der Waals surface area contributed by atoms with Crippen LogP contribution in [0.4, 0.5) is 0 Å². The monoisotopic (exact) mass is 273 g/mol. The molecule has 3 nitrogen and oxygen atoms in total. The van der Waals surface area contributed by atoms with Crippen LogP contribution in [0.25, 0.3) is 0 Å². The maximum atomic E-state index is 6.21. The lowest BCUT2D eigenvalue weighted by Crippen LogP contribution is -2.41. The van der Waals surface area contributed by atoms with Crippen LogP contribution in [0.5, 0.6) is 0 Å². The third-order valence-electron chi connectivity index (χ3n) is 5.28. The number of hydrogen-bond donors (Lipinski definition) is 0. The van der Waals surface area contributed by atoms with E-state index in [0.29, 0.717) is 0 Å². The van der Waals surface area contributed by atoms with Crippen LogP contribution in [0, 0.1) is 6.92 Å². The standard InChI is InChI=1S/C16H24BNO2/c1-11-9-18-10-12(13(11)16(6)7-8-16)17-19-14(2,3)15(4,5)20-17/h9-10H,7-8H2,1-6H3. The van der Waals surface area contributed by atoms with Crippen molar-refractivity contribution < 1.29 is 9.31 Å². The fourth-order valence-electron chi connectivity index (χ4n) is 3.00. The summed E-state index contributed by atoms with van der Waals surface area (Å²) >= 11 is 0.